The van der Waals surface area contributed by atoms with E-state index in [-0.39, 0.29) is 28.6 Å². The van der Waals surface area contributed by atoms with Crippen LogP contribution in [-0.2, 0) is 4.79 Å². The van der Waals surface area contributed by atoms with Crippen molar-refractivity contribution in [2.24, 2.45) is 0 Å². The van der Waals surface area contributed by atoms with Gasteiger partial charge in [-0.2, -0.15) is 4.98 Å². The molecule has 43 heavy (non-hydrogen) atoms. The van der Waals surface area contributed by atoms with Gasteiger partial charge in [-0.15, -0.1) is 0 Å². The minimum atomic E-state index is -0.523. The summed E-state index contributed by atoms with van der Waals surface area (Å²) in [6.45, 7) is 12.9. The Kier molecular flexibility index (Phi) is 7.54. The van der Waals surface area contributed by atoms with Gasteiger partial charge in [0, 0.05) is 37.4 Å². The van der Waals surface area contributed by atoms with Gasteiger partial charge < -0.3 is 9.80 Å². The van der Waals surface area contributed by atoms with Gasteiger partial charge in [0.05, 0.1) is 27.5 Å². The average Bonchev–Trinajstić information content (AvgIpc) is 3.83. The summed E-state index contributed by atoms with van der Waals surface area (Å²) >= 11 is 6.90. The van der Waals surface area contributed by atoms with Crippen LogP contribution >= 0.6 is 11.6 Å². The monoisotopic (exact) mass is 600 g/mol. The smallest absolute Gasteiger partial charge is 0.350 e. The van der Waals surface area contributed by atoms with Gasteiger partial charge in [-0.1, -0.05) is 38.1 Å². The molecule has 3 aromatic heterocycles. The van der Waals surface area contributed by atoms with Gasteiger partial charge in [-0.25, -0.2) is 18.7 Å². The van der Waals surface area contributed by atoms with E-state index in [4.69, 9.17) is 16.6 Å². The van der Waals surface area contributed by atoms with Crippen molar-refractivity contribution >= 4 is 34.4 Å². The summed E-state index contributed by atoms with van der Waals surface area (Å²) < 4.78 is 16.9. The summed E-state index contributed by atoms with van der Waals surface area (Å²) in [7, 11) is 0. The molecule has 1 saturated carbocycles. The standard InChI is InChI=1S/C33H34ClFN6O2/c1-6-27(42)39-13-14-40(20(5)17-39)31-24-16-25(34)29(23-15-22(21-7-8-21)9-10-26(23)35)37-32(24)41(33(43)38-31)30-19(4)11-12-36-28(30)18(2)3/h6,9-12,15-16,18,20-21H,1,7-8,13-14,17H2,2-5H3/t20-/m0/s1. The fourth-order valence-electron chi connectivity index (χ4n) is 6.00. The molecule has 4 aromatic rings. The van der Waals surface area contributed by atoms with E-state index in [9.17, 15) is 9.59 Å². The molecule has 2 aliphatic rings. The summed E-state index contributed by atoms with van der Waals surface area (Å²) in [6.07, 6.45) is 5.17. The third kappa shape index (κ3) is 5.20. The number of carbonyl (C=O) groups excluding carboxylic acids is 1. The maximum atomic E-state index is 15.4. The number of pyridine rings is 2. The first-order valence-electron chi connectivity index (χ1n) is 14.7. The van der Waals surface area contributed by atoms with Gasteiger partial charge in [-0.05, 0) is 80.0 Å². The fourth-order valence-corrected chi connectivity index (χ4v) is 6.25. The van der Waals surface area contributed by atoms with Crippen LogP contribution < -0.4 is 10.6 Å². The number of amides is 1. The van der Waals surface area contributed by atoms with Crippen molar-refractivity contribution in [3.8, 4) is 16.9 Å². The Hall–Kier alpha value is -4.11. The highest BCUT2D eigenvalue weighted by Crippen LogP contribution is 2.43. The highest BCUT2D eigenvalue weighted by Gasteiger charge is 2.31. The Morgan fingerprint density at radius 1 is 1.16 bits per heavy atom. The molecule has 0 radical (unpaired) electrons. The van der Waals surface area contributed by atoms with Crippen molar-refractivity contribution in [1.82, 2.24) is 24.4 Å². The Balaban J connectivity index is 1.62. The van der Waals surface area contributed by atoms with E-state index >= 15 is 4.39 Å². The highest BCUT2D eigenvalue weighted by atomic mass is 35.5. The molecule has 1 amide bonds. The topological polar surface area (TPSA) is 84.2 Å². The number of carbonyl (C=O) groups is 1. The van der Waals surface area contributed by atoms with E-state index in [2.05, 4.69) is 16.5 Å². The van der Waals surface area contributed by atoms with Crippen molar-refractivity contribution in [2.75, 3.05) is 24.5 Å². The van der Waals surface area contributed by atoms with Crippen LogP contribution in [0.25, 0.3) is 28.0 Å². The van der Waals surface area contributed by atoms with Gasteiger partial charge in [0.1, 0.15) is 11.6 Å². The number of aryl methyl sites for hydroxylation is 1. The Bertz CT molecular complexity index is 1830. The molecule has 6 rings (SSSR count). The quantitative estimate of drug-likeness (QED) is 0.246. The van der Waals surface area contributed by atoms with Crippen molar-refractivity contribution in [3.63, 3.8) is 0 Å². The third-order valence-corrected chi connectivity index (χ3v) is 8.69. The Morgan fingerprint density at radius 2 is 1.93 bits per heavy atom. The van der Waals surface area contributed by atoms with Crippen LogP contribution in [0.1, 0.15) is 62.3 Å². The average molecular weight is 601 g/mol. The predicted molar refractivity (Wildman–Crippen MR) is 168 cm³/mol. The molecule has 1 aliphatic heterocycles. The van der Waals surface area contributed by atoms with Gasteiger partial charge >= 0.3 is 5.69 Å². The number of halogens is 2. The van der Waals surface area contributed by atoms with E-state index in [0.717, 1.165) is 29.7 Å². The zero-order valence-electron chi connectivity index (χ0n) is 24.8. The molecule has 222 valence electrons. The zero-order valence-corrected chi connectivity index (χ0v) is 25.5. The maximum absolute atomic E-state index is 15.4. The molecule has 8 nitrogen and oxygen atoms in total. The first kappa shape index (κ1) is 29.0. The van der Waals surface area contributed by atoms with E-state index in [1.54, 1.807) is 17.2 Å². The number of hydrogen-bond acceptors (Lipinski definition) is 6. The molecular weight excluding hydrogens is 567 g/mol. The Morgan fingerprint density at radius 3 is 2.60 bits per heavy atom. The lowest BCUT2D eigenvalue weighted by Crippen LogP contribution is -2.54. The van der Waals surface area contributed by atoms with E-state index in [1.807, 2.05) is 50.8 Å². The number of aromatic nitrogens is 4. The summed E-state index contributed by atoms with van der Waals surface area (Å²) in [6, 6.07) is 8.53. The zero-order chi connectivity index (χ0) is 30.6. The van der Waals surface area contributed by atoms with Crippen LogP contribution in [0, 0.1) is 12.7 Å². The Labute approximate surface area is 254 Å². The first-order valence-corrected chi connectivity index (χ1v) is 15.0. The lowest BCUT2D eigenvalue weighted by molar-refractivity contribution is -0.126. The molecule has 4 heterocycles. The van der Waals surface area contributed by atoms with Crippen molar-refractivity contribution in [1.29, 1.82) is 0 Å². The first-order chi connectivity index (χ1) is 20.6. The normalized spacial score (nSPS) is 17.1. The number of fused-ring (bicyclic) bond motifs is 1. The molecule has 0 N–H and O–H groups in total. The van der Waals surface area contributed by atoms with Crippen LogP contribution in [0.4, 0.5) is 10.2 Å². The summed E-state index contributed by atoms with van der Waals surface area (Å²) in [5, 5.41) is 0.813. The van der Waals surface area contributed by atoms with Gasteiger partial charge in [0.2, 0.25) is 5.91 Å². The van der Waals surface area contributed by atoms with E-state index in [0.29, 0.717) is 53.7 Å². The van der Waals surface area contributed by atoms with Crippen molar-refractivity contribution in [3.05, 3.63) is 87.3 Å². The molecule has 0 spiro atoms. The third-order valence-electron chi connectivity index (χ3n) is 8.41. The van der Waals surface area contributed by atoms with Gasteiger partial charge in [0.25, 0.3) is 0 Å². The lowest BCUT2D eigenvalue weighted by Gasteiger charge is -2.40. The second-order valence-corrected chi connectivity index (χ2v) is 12.2. The van der Waals surface area contributed by atoms with E-state index < -0.39 is 11.5 Å². The van der Waals surface area contributed by atoms with E-state index in [1.165, 1.54) is 16.7 Å². The minimum Gasteiger partial charge on any atom is -0.350 e. The number of anilines is 1. The summed E-state index contributed by atoms with van der Waals surface area (Å²) in [4.78, 5) is 44.3. The molecular formula is C33H34ClFN6O2. The number of nitrogens with zero attached hydrogens (tertiary/aromatic N) is 6. The summed E-state index contributed by atoms with van der Waals surface area (Å²) in [5.41, 5.74) is 3.57. The molecule has 0 bridgehead atoms. The second kappa shape index (κ2) is 11.2. The van der Waals surface area contributed by atoms with Crippen LogP contribution in [0.15, 0.2) is 54.0 Å². The van der Waals surface area contributed by atoms with Crippen LogP contribution in [0.3, 0.4) is 0 Å². The number of benzene rings is 1. The number of piperazine rings is 1. The van der Waals surface area contributed by atoms with Crippen LogP contribution in [0.2, 0.25) is 5.02 Å². The lowest BCUT2D eigenvalue weighted by atomic mass is 10.0. The van der Waals surface area contributed by atoms with Crippen LogP contribution in [0.5, 0.6) is 0 Å². The molecule has 10 heteroatoms. The minimum absolute atomic E-state index is 0.00598. The number of rotatable bonds is 6. The largest absolute Gasteiger partial charge is 0.355 e. The van der Waals surface area contributed by atoms with Gasteiger partial charge in [0.15, 0.2) is 5.65 Å². The van der Waals surface area contributed by atoms with Crippen LogP contribution in [-0.4, -0.2) is 56.0 Å². The fraction of sp³-hybridized carbons (Fsp3) is 0.364. The van der Waals surface area contributed by atoms with Gasteiger partial charge in [-0.3, -0.25) is 9.78 Å². The maximum Gasteiger partial charge on any atom is 0.355 e. The molecule has 1 aromatic carbocycles. The summed E-state index contributed by atoms with van der Waals surface area (Å²) in [5.74, 6) is 0.269. The van der Waals surface area contributed by atoms with Crippen molar-refractivity contribution in [2.45, 2.75) is 58.4 Å². The SMILES string of the molecule is C=CC(=O)N1CCN(c2nc(=O)n(-c3c(C)ccnc3C(C)C)c3nc(-c4cc(C5CC5)ccc4F)c(Cl)cc23)[C@@H](C)C1. The highest BCUT2D eigenvalue weighted by molar-refractivity contribution is 6.33. The molecule has 0 unspecified atom stereocenters. The molecule has 1 saturated heterocycles. The molecule has 1 aliphatic carbocycles. The van der Waals surface area contributed by atoms with Crippen molar-refractivity contribution < 1.29 is 9.18 Å². The number of hydrogen-bond donors (Lipinski definition) is 0. The molecule has 2 fully saturated rings. The molecule has 1 atom stereocenters. The second-order valence-electron chi connectivity index (χ2n) is 11.8. The predicted octanol–water partition coefficient (Wildman–Crippen LogP) is 6.17.